The molecule has 0 saturated carbocycles. The SMILES string of the molecule is Nc1cc(F)c(F)cc1C(=O)NCc1cn[nH]c1. The Morgan fingerprint density at radius 3 is 2.78 bits per heavy atom. The molecule has 1 aromatic heterocycles. The largest absolute Gasteiger partial charge is 0.398 e. The number of hydrogen-bond donors (Lipinski definition) is 3. The summed E-state index contributed by atoms with van der Waals surface area (Å²) in [7, 11) is 0. The van der Waals surface area contributed by atoms with Crippen molar-refractivity contribution in [2.75, 3.05) is 5.73 Å². The number of hydrogen-bond acceptors (Lipinski definition) is 3. The lowest BCUT2D eigenvalue weighted by Gasteiger charge is -2.07. The molecule has 0 unspecified atom stereocenters. The molecule has 2 rings (SSSR count). The fourth-order valence-electron chi connectivity index (χ4n) is 1.41. The molecule has 0 aliphatic heterocycles. The van der Waals surface area contributed by atoms with Gasteiger partial charge in [-0.05, 0) is 6.07 Å². The van der Waals surface area contributed by atoms with Gasteiger partial charge in [0.15, 0.2) is 11.6 Å². The Kier molecular flexibility index (Phi) is 3.22. The van der Waals surface area contributed by atoms with E-state index in [1.807, 2.05) is 0 Å². The molecule has 1 aromatic carbocycles. The second kappa shape index (κ2) is 4.82. The molecular formula is C11H10F2N4O. The number of carbonyl (C=O) groups is 1. The zero-order valence-corrected chi connectivity index (χ0v) is 9.21. The summed E-state index contributed by atoms with van der Waals surface area (Å²) in [4.78, 5) is 11.7. The summed E-state index contributed by atoms with van der Waals surface area (Å²) in [5, 5.41) is 8.81. The highest BCUT2D eigenvalue weighted by Gasteiger charge is 2.14. The number of aromatic nitrogens is 2. The van der Waals surface area contributed by atoms with Crippen molar-refractivity contribution < 1.29 is 13.6 Å². The van der Waals surface area contributed by atoms with E-state index in [1.165, 1.54) is 6.20 Å². The van der Waals surface area contributed by atoms with Crippen LogP contribution < -0.4 is 11.1 Å². The maximum atomic E-state index is 13.0. The standard InChI is InChI=1S/C11H10F2N4O/c12-8-1-7(10(14)2-9(8)13)11(18)15-3-6-4-16-17-5-6/h1-2,4-5H,3,14H2,(H,15,18)(H,16,17). The Balaban J connectivity index is 2.11. The molecule has 0 bridgehead atoms. The van der Waals surface area contributed by atoms with Crippen LogP contribution in [-0.4, -0.2) is 16.1 Å². The second-order valence-electron chi connectivity index (χ2n) is 3.64. The number of amides is 1. The maximum Gasteiger partial charge on any atom is 0.253 e. The van der Waals surface area contributed by atoms with Gasteiger partial charge in [0, 0.05) is 30.1 Å². The van der Waals surface area contributed by atoms with E-state index in [4.69, 9.17) is 5.73 Å². The van der Waals surface area contributed by atoms with Gasteiger partial charge in [0.05, 0.1) is 11.8 Å². The van der Waals surface area contributed by atoms with Gasteiger partial charge in [-0.3, -0.25) is 9.89 Å². The van der Waals surface area contributed by atoms with Gasteiger partial charge in [-0.2, -0.15) is 5.10 Å². The lowest BCUT2D eigenvalue weighted by Crippen LogP contribution is -2.24. The first-order valence-corrected chi connectivity index (χ1v) is 5.08. The van der Waals surface area contributed by atoms with Crippen LogP contribution in [0, 0.1) is 11.6 Å². The third kappa shape index (κ3) is 2.45. The maximum absolute atomic E-state index is 13.0. The summed E-state index contributed by atoms with van der Waals surface area (Å²) in [6, 6.07) is 1.55. The zero-order chi connectivity index (χ0) is 13.1. The van der Waals surface area contributed by atoms with Crippen molar-refractivity contribution >= 4 is 11.6 Å². The predicted molar refractivity (Wildman–Crippen MR) is 60.5 cm³/mol. The molecule has 0 atom stereocenters. The van der Waals surface area contributed by atoms with Gasteiger partial charge in [-0.15, -0.1) is 0 Å². The van der Waals surface area contributed by atoms with Crippen molar-refractivity contribution in [2.45, 2.75) is 6.54 Å². The van der Waals surface area contributed by atoms with Gasteiger partial charge < -0.3 is 11.1 Å². The number of anilines is 1. The van der Waals surface area contributed by atoms with Crippen molar-refractivity contribution in [1.29, 1.82) is 0 Å². The number of rotatable bonds is 3. The van der Waals surface area contributed by atoms with Crippen LogP contribution in [0.25, 0.3) is 0 Å². The van der Waals surface area contributed by atoms with Crippen molar-refractivity contribution in [1.82, 2.24) is 15.5 Å². The van der Waals surface area contributed by atoms with E-state index < -0.39 is 17.5 Å². The Morgan fingerprint density at radius 1 is 1.39 bits per heavy atom. The summed E-state index contributed by atoms with van der Waals surface area (Å²) in [5.74, 6) is -2.77. The Bertz CT molecular complexity index is 569. The van der Waals surface area contributed by atoms with Crippen LogP contribution in [0.4, 0.5) is 14.5 Å². The summed E-state index contributed by atoms with van der Waals surface area (Å²) in [6.07, 6.45) is 3.14. The molecule has 94 valence electrons. The zero-order valence-electron chi connectivity index (χ0n) is 9.21. The van der Waals surface area contributed by atoms with E-state index in [0.29, 0.717) is 0 Å². The molecule has 4 N–H and O–H groups in total. The molecule has 0 saturated heterocycles. The summed E-state index contributed by atoms with van der Waals surface area (Å²) in [5.41, 5.74) is 6.00. The molecule has 0 radical (unpaired) electrons. The van der Waals surface area contributed by atoms with E-state index in [0.717, 1.165) is 17.7 Å². The van der Waals surface area contributed by atoms with Gasteiger partial charge in [0.2, 0.25) is 0 Å². The number of nitrogens with one attached hydrogen (secondary N) is 2. The number of halogens is 2. The van der Waals surface area contributed by atoms with Crippen molar-refractivity contribution in [3.05, 3.63) is 47.3 Å². The molecule has 0 spiro atoms. The van der Waals surface area contributed by atoms with Crippen LogP contribution in [0.5, 0.6) is 0 Å². The van der Waals surface area contributed by atoms with E-state index in [2.05, 4.69) is 15.5 Å². The van der Waals surface area contributed by atoms with Gasteiger partial charge >= 0.3 is 0 Å². The molecular weight excluding hydrogens is 242 g/mol. The molecule has 0 aliphatic rings. The highest BCUT2D eigenvalue weighted by atomic mass is 19.2. The van der Waals surface area contributed by atoms with Crippen LogP contribution in [0.1, 0.15) is 15.9 Å². The molecule has 5 nitrogen and oxygen atoms in total. The first-order chi connectivity index (χ1) is 8.58. The molecule has 1 heterocycles. The highest BCUT2D eigenvalue weighted by Crippen LogP contribution is 2.16. The van der Waals surface area contributed by atoms with Gasteiger partial charge in [0.25, 0.3) is 5.91 Å². The van der Waals surface area contributed by atoms with E-state index in [1.54, 1.807) is 6.20 Å². The number of nitrogens with zero attached hydrogens (tertiary/aromatic N) is 1. The number of nitrogens with two attached hydrogens (primary N) is 1. The third-order valence-corrected chi connectivity index (χ3v) is 2.34. The van der Waals surface area contributed by atoms with Crippen molar-refractivity contribution in [3.8, 4) is 0 Å². The molecule has 2 aromatic rings. The van der Waals surface area contributed by atoms with E-state index in [9.17, 15) is 13.6 Å². The number of aromatic amines is 1. The minimum Gasteiger partial charge on any atom is -0.398 e. The van der Waals surface area contributed by atoms with E-state index >= 15 is 0 Å². The minimum atomic E-state index is -1.11. The van der Waals surface area contributed by atoms with Gasteiger partial charge in [-0.25, -0.2) is 8.78 Å². The van der Waals surface area contributed by atoms with Gasteiger partial charge in [0.1, 0.15) is 0 Å². The molecule has 1 amide bonds. The molecule has 0 fully saturated rings. The first-order valence-electron chi connectivity index (χ1n) is 5.08. The lowest BCUT2D eigenvalue weighted by molar-refractivity contribution is 0.0951. The molecule has 18 heavy (non-hydrogen) atoms. The number of H-pyrrole nitrogens is 1. The predicted octanol–water partition coefficient (Wildman–Crippen LogP) is 1.20. The van der Waals surface area contributed by atoms with Crippen LogP contribution in [0.2, 0.25) is 0 Å². The second-order valence-corrected chi connectivity index (χ2v) is 3.64. The van der Waals surface area contributed by atoms with E-state index in [-0.39, 0.29) is 17.8 Å². The lowest BCUT2D eigenvalue weighted by atomic mass is 10.1. The van der Waals surface area contributed by atoms with Crippen molar-refractivity contribution in [3.63, 3.8) is 0 Å². The Hall–Kier alpha value is -2.44. The number of carbonyl (C=O) groups excluding carboxylic acids is 1. The quantitative estimate of drug-likeness (QED) is 0.718. The first kappa shape index (κ1) is 12.0. The fraction of sp³-hybridized carbons (Fsp3) is 0.0909. The molecule has 7 heteroatoms. The molecule has 0 aliphatic carbocycles. The Morgan fingerprint density at radius 2 is 2.11 bits per heavy atom. The average molecular weight is 252 g/mol. The normalized spacial score (nSPS) is 10.3. The Labute approximate surface area is 101 Å². The average Bonchev–Trinajstić information content (AvgIpc) is 2.84. The summed E-state index contributed by atoms with van der Waals surface area (Å²) < 4.78 is 25.8. The van der Waals surface area contributed by atoms with Crippen LogP contribution >= 0.6 is 0 Å². The minimum absolute atomic E-state index is 0.0996. The van der Waals surface area contributed by atoms with Crippen molar-refractivity contribution in [2.24, 2.45) is 0 Å². The fourth-order valence-corrected chi connectivity index (χ4v) is 1.41. The van der Waals surface area contributed by atoms with Crippen LogP contribution in [0.3, 0.4) is 0 Å². The third-order valence-electron chi connectivity index (χ3n) is 2.34. The number of nitrogen functional groups attached to an aromatic ring is 1. The monoisotopic (exact) mass is 252 g/mol. The van der Waals surface area contributed by atoms with Crippen LogP contribution in [0.15, 0.2) is 24.5 Å². The van der Waals surface area contributed by atoms with Gasteiger partial charge in [-0.1, -0.05) is 0 Å². The highest BCUT2D eigenvalue weighted by molar-refractivity contribution is 5.99. The smallest absolute Gasteiger partial charge is 0.253 e. The van der Waals surface area contributed by atoms with Crippen LogP contribution in [-0.2, 0) is 6.54 Å². The number of benzene rings is 1. The summed E-state index contributed by atoms with van der Waals surface area (Å²) in [6.45, 7) is 0.216. The topological polar surface area (TPSA) is 83.8 Å². The summed E-state index contributed by atoms with van der Waals surface area (Å²) >= 11 is 0.